The molecule has 0 aliphatic rings. The van der Waals surface area contributed by atoms with E-state index in [0.717, 1.165) is 12.1 Å². The van der Waals surface area contributed by atoms with Crippen LogP contribution >= 0.6 is 11.6 Å². The Bertz CT molecular complexity index is 638. The third-order valence-corrected chi connectivity index (χ3v) is 2.39. The van der Waals surface area contributed by atoms with Gasteiger partial charge in [0.2, 0.25) is 17.2 Å². The number of hydrogen-bond donors (Lipinski definition) is 2. The van der Waals surface area contributed by atoms with Crippen LogP contribution in [0.1, 0.15) is 6.92 Å². The first kappa shape index (κ1) is 14.3. The minimum absolute atomic E-state index is 0.0918. The van der Waals surface area contributed by atoms with Crippen LogP contribution in [0, 0.1) is 17.5 Å². The molecule has 9 heteroatoms. The Morgan fingerprint density at radius 2 is 1.75 bits per heavy atom. The van der Waals surface area contributed by atoms with E-state index in [1.54, 1.807) is 0 Å². The molecule has 0 saturated carbocycles. The molecular formula is C11H9ClF3N5. The van der Waals surface area contributed by atoms with Crippen molar-refractivity contribution in [3.8, 4) is 0 Å². The van der Waals surface area contributed by atoms with Crippen molar-refractivity contribution in [2.24, 2.45) is 0 Å². The number of benzene rings is 1. The Morgan fingerprint density at radius 3 is 2.45 bits per heavy atom. The molecule has 0 unspecified atom stereocenters. The molecule has 0 aliphatic heterocycles. The zero-order valence-corrected chi connectivity index (χ0v) is 11.0. The summed E-state index contributed by atoms with van der Waals surface area (Å²) in [7, 11) is 0. The zero-order chi connectivity index (χ0) is 14.7. The van der Waals surface area contributed by atoms with Gasteiger partial charge in [0.05, 0.1) is 5.69 Å². The minimum Gasteiger partial charge on any atom is -0.354 e. The lowest BCUT2D eigenvalue weighted by molar-refractivity contribution is 0.449. The number of aromatic nitrogens is 3. The molecule has 2 aromatic rings. The van der Waals surface area contributed by atoms with Crippen LogP contribution in [0.2, 0.25) is 5.28 Å². The van der Waals surface area contributed by atoms with Gasteiger partial charge in [-0.1, -0.05) is 0 Å². The number of hydrogen-bond acceptors (Lipinski definition) is 5. The third-order valence-electron chi connectivity index (χ3n) is 2.22. The van der Waals surface area contributed by atoms with Crippen molar-refractivity contribution in [2.75, 3.05) is 17.2 Å². The number of anilines is 3. The summed E-state index contributed by atoms with van der Waals surface area (Å²) in [6.45, 7) is 2.36. The van der Waals surface area contributed by atoms with E-state index in [1.807, 2.05) is 6.92 Å². The lowest BCUT2D eigenvalue weighted by Gasteiger charge is -2.08. The molecule has 0 radical (unpaired) electrons. The van der Waals surface area contributed by atoms with E-state index in [1.165, 1.54) is 0 Å². The van der Waals surface area contributed by atoms with Crippen molar-refractivity contribution in [1.29, 1.82) is 0 Å². The maximum atomic E-state index is 13.5. The highest BCUT2D eigenvalue weighted by molar-refractivity contribution is 6.28. The van der Waals surface area contributed by atoms with Gasteiger partial charge < -0.3 is 10.6 Å². The predicted molar refractivity (Wildman–Crippen MR) is 68.6 cm³/mol. The van der Waals surface area contributed by atoms with Gasteiger partial charge in [-0.3, -0.25) is 0 Å². The van der Waals surface area contributed by atoms with Crippen LogP contribution < -0.4 is 10.6 Å². The molecule has 0 saturated heterocycles. The highest BCUT2D eigenvalue weighted by Gasteiger charge is 2.14. The average molecular weight is 304 g/mol. The van der Waals surface area contributed by atoms with Gasteiger partial charge in [-0.25, -0.2) is 13.2 Å². The van der Waals surface area contributed by atoms with Crippen LogP contribution in [0.5, 0.6) is 0 Å². The molecule has 0 fully saturated rings. The van der Waals surface area contributed by atoms with E-state index in [9.17, 15) is 13.2 Å². The zero-order valence-electron chi connectivity index (χ0n) is 10.2. The summed E-state index contributed by atoms with van der Waals surface area (Å²) in [5.41, 5.74) is -0.311. The van der Waals surface area contributed by atoms with Gasteiger partial charge >= 0.3 is 0 Å². The lowest BCUT2D eigenvalue weighted by Crippen LogP contribution is -2.07. The first-order chi connectivity index (χ1) is 9.51. The summed E-state index contributed by atoms with van der Waals surface area (Å²) in [6, 6.07) is 1.81. The lowest BCUT2D eigenvalue weighted by atomic mass is 10.3. The van der Waals surface area contributed by atoms with E-state index < -0.39 is 17.5 Å². The van der Waals surface area contributed by atoms with Gasteiger partial charge in [0.15, 0.2) is 17.5 Å². The van der Waals surface area contributed by atoms with Crippen LogP contribution in [-0.2, 0) is 0 Å². The number of nitrogens with one attached hydrogen (secondary N) is 2. The van der Waals surface area contributed by atoms with E-state index in [4.69, 9.17) is 11.6 Å². The summed E-state index contributed by atoms with van der Waals surface area (Å²) >= 11 is 5.68. The van der Waals surface area contributed by atoms with Gasteiger partial charge in [-0.05, 0) is 30.7 Å². The molecule has 1 heterocycles. The molecule has 2 rings (SSSR count). The average Bonchev–Trinajstić information content (AvgIpc) is 2.39. The first-order valence-corrected chi connectivity index (χ1v) is 5.95. The third kappa shape index (κ3) is 3.08. The monoisotopic (exact) mass is 303 g/mol. The Balaban J connectivity index is 2.32. The summed E-state index contributed by atoms with van der Waals surface area (Å²) < 4.78 is 39.4. The van der Waals surface area contributed by atoms with Crippen LogP contribution in [-0.4, -0.2) is 21.5 Å². The molecular weight excluding hydrogens is 295 g/mol. The Labute approximate surface area is 117 Å². The van der Waals surface area contributed by atoms with Gasteiger partial charge in [-0.15, -0.1) is 0 Å². The van der Waals surface area contributed by atoms with Crippen molar-refractivity contribution in [3.63, 3.8) is 0 Å². The SMILES string of the molecule is CCNc1nc(Cl)nc(Nc2ccc(F)c(F)c2F)n1. The standard InChI is InChI=1S/C11H9ClF3N5/c1-2-16-10-18-9(12)19-11(20-10)17-6-4-3-5(13)7(14)8(6)15/h3-4H,2H2,1H3,(H2,16,17,18,19,20). The molecule has 5 nitrogen and oxygen atoms in total. The largest absolute Gasteiger partial charge is 0.354 e. The smallest absolute Gasteiger partial charge is 0.233 e. The number of halogens is 4. The summed E-state index contributed by atoms with van der Waals surface area (Å²) in [4.78, 5) is 11.4. The Morgan fingerprint density at radius 1 is 1.05 bits per heavy atom. The quantitative estimate of drug-likeness (QED) is 0.850. The molecule has 20 heavy (non-hydrogen) atoms. The Hall–Kier alpha value is -2.09. The second-order valence-electron chi connectivity index (χ2n) is 3.63. The van der Waals surface area contributed by atoms with Gasteiger partial charge in [0, 0.05) is 6.54 Å². The van der Waals surface area contributed by atoms with E-state index in [-0.39, 0.29) is 22.9 Å². The maximum Gasteiger partial charge on any atom is 0.233 e. The highest BCUT2D eigenvalue weighted by atomic mass is 35.5. The fourth-order valence-electron chi connectivity index (χ4n) is 1.39. The van der Waals surface area contributed by atoms with Crippen molar-refractivity contribution in [2.45, 2.75) is 6.92 Å². The van der Waals surface area contributed by atoms with Crippen molar-refractivity contribution in [3.05, 3.63) is 34.9 Å². The molecule has 2 N–H and O–H groups in total. The van der Waals surface area contributed by atoms with Gasteiger partial charge in [-0.2, -0.15) is 15.0 Å². The minimum atomic E-state index is -1.58. The fourth-order valence-corrected chi connectivity index (χ4v) is 1.55. The maximum absolute atomic E-state index is 13.5. The number of nitrogens with zero attached hydrogens (tertiary/aromatic N) is 3. The van der Waals surface area contributed by atoms with E-state index in [2.05, 4.69) is 25.6 Å². The summed E-state index contributed by atoms with van der Waals surface area (Å²) in [5.74, 6) is -4.15. The molecule has 0 bridgehead atoms. The van der Waals surface area contributed by atoms with E-state index in [0.29, 0.717) is 6.54 Å². The van der Waals surface area contributed by atoms with Gasteiger partial charge in [0.25, 0.3) is 0 Å². The molecule has 1 aromatic heterocycles. The van der Waals surface area contributed by atoms with E-state index >= 15 is 0 Å². The fraction of sp³-hybridized carbons (Fsp3) is 0.182. The van der Waals surface area contributed by atoms with Crippen LogP contribution in [0.15, 0.2) is 12.1 Å². The second kappa shape index (κ2) is 5.91. The van der Waals surface area contributed by atoms with Crippen LogP contribution in [0.3, 0.4) is 0 Å². The normalized spacial score (nSPS) is 10.4. The predicted octanol–water partition coefficient (Wildman–Crippen LogP) is 3.12. The highest BCUT2D eigenvalue weighted by Crippen LogP contribution is 2.22. The molecule has 0 atom stereocenters. The Kier molecular flexibility index (Phi) is 4.23. The second-order valence-corrected chi connectivity index (χ2v) is 3.97. The van der Waals surface area contributed by atoms with Crippen LogP contribution in [0.4, 0.5) is 30.8 Å². The van der Waals surface area contributed by atoms with Crippen LogP contribution in [0.25, 0.3) is 0 Å². The van der Waals surface area contributed by atoms with Gasteiger partial charge in [0.1, 0.15) is 0 Å². The topological polar surface area (TPSA) is 62.7 Å². The van der Waals surface area contributed by atoms with Crippen molar-refractivity contribution >= 4 is 29.2 Å². The number of rotatable bonds is 4. The molecule has 0 spiro atoms. The molecule has 106 valence electrons. The molecule has 1 aromatic carbocycles. The summed E-state index contributed by atoms with van der Waals surface area (Å²) in [5, 5.41) is 5.08. The van der Waals surface area contributed by atoms with Crippen molar-refractivity contribution in [1.82, 2.24) is 15.0 Å². The first-order valence-electron chi connectivity index (χ1n) is 5.57. The van der Waals surface area contributed by atoms with Crippen molar-refractivity contribution < 1.29 is 13.2 Å². The molecule has 0 aliphatic carbocycles. The summed E-state index contributed by atoms with van der Waals surface area (Å²) in [6.07, 6.45) is 0. The molecule has 0 amide bonds.